The van der Waals surface area contributed by atoms with Gasteiger partial charge in [0, 0.05) is 5.38 Å². The van der Waals surface area contributed by atoms with Gasteiger partial charge >= 0.3 is 5.97 Å². The van der Waals surface area contributed by atoms with E-state index in [9.17, 15) is 14.4 Å². The van der Waals surface area contributed by atoms with Crippen molar-refractivity contribution in [2.24, 2.45) is 0 Å². The number of nitrogens with one attached hydrogen (secondary N) is 1. The number of carbonyl (C=O) groups excluding carboxylic acids is 3. The summed E-state index contributed by atoms with van der Waals surface area (Å²) in [6, 6.07) is 12.5. The molecule has 1 N–H and O–H groups in total. The third-order valence-corrected chi connectivity index (χ3v) is 5.77. The molecule has 0 aliphatic heterocycles. The molecule has 0 radical (unpaired) electrons. The van der Waals surface area contributed by atoms with Crippen molar-refractivity contribution in [3.63, 3.8) is 0 Å². The molecule has 0 spiro atoms. The maximum Gasteiger partial charge on any atom is 0.358 e. The highest BCUT2D eigenvalue weighted by molar-refractivity contribution is 7.20. The number of Topliss-reactive ketones (excluding diaryl/α,β-unsaturated/α-hetero) is 1. The number of esters is 1. The molecule has 0 saturated heterocycles. The largest absolute Gasteiger partial charge is 0.451 e. The number of nitrogens with zero attached hydrogens (tertiary/aromatic N) is 1. The molecule has 3 aromatic rings. The fraction of sp³-hybridized carbons (Fsp3) is 0.200. The summed E-state index contributed by atoms with van der Waals surface area (Å²) in [6.07, 6.45) is 0.381. The van der Waals surface area contributed by atoms with E-state index in [1.807, 2.05) is 47.8 Å². The third kappa shape index (κ3) is 5.34. The molecule has 0 fully saturated rings. The summed E-state index contributed by atoms with van der Waals surface area (Å²) in [7, 11) is 0. The molecule has 0 saturated carbocycles. The van der Waals surface area contributed by atoms with E-state index in [1.54, 1.807) is 5.38 Å². The van der Waals surface area contributed by atoms with Crippen molar-refractivity contribution in [1.29, 1.82) is 0 Å². The molecule has 1 aromatic carbocycles. The van der Waals surface area contributed by atoms with Crippen molar-refractivity contribution < 1.29 is 19.1 Å². The smallest absolute Gasteiger partial charge is 0.358 e. The number of rotatable bonds is 8. The molecular formula is C20H18N2O4S2. The Labute approximate surface area is 170 Å². The quantitative estimate of drug-likeness (QED) is 0.572. The van der Waals surface area contributed by atoms with E-state index in [0.29, 0.717) is 6.42 Å². The molecule has 1 amide bonds. The van der Waals surface area contributed by atoms with E-state index in [1.165, 1.54) is 29.6 Å². The van der Waals surface area contributed by atoms with Crippen LogP contribution in [0.4, 0.5) is 0 Å². The minimum absolute atomic E-state index is 0.161. The number of ketones is 1. The lowest BCUT2D eigenvalue weighted by molar-refractivity contribution is -0.128. The summed E-state index contributed by atoms with van der Waals surface area (Å²) in [4.78, 5) is 41.3. The second kappa shape index (κ2) is 9.38. The van der Waals surface area contributed by atoms with Crippen LogP contribution in [0.3, 0.4) is 0 Å². The Morgan fingerprint density at radius 1 is 1.11 bits per heavy atom. The van der Waals surface area contributed by atoms with E-state index < -0.39 is 24.5 Å². The van der Waals surface area contributed by atoms with Gasteiger partial charge in [0.15, 0.2) is 18.1 Å². The Bertz CT molecular complexity index is 952. The normalized spacial score (nSPS) is 11.6. The van der Waals surface area contributed by atoms with Crippen LogP contribution in [0.25, 0.3) is 9.88 Å². The monoisotopic (exact) mass is 414 g/mol. The minimum atomic E-state index is -0.670. The van der Waals surface area contributed by atoms with Gasteiger partial charge in [0.2, 0.25) is 0 Å². The van der Waals surface area contributed by atoms with Crippen LogP contribution in [0.2, 0.25) is 0 Å². The van der Waals surface area contributed by atoms with Crippen LogP contribution in [-0.4, -0.2) is 35.3 Å². The lowest BCUT2D eigenvalue weighted by atomic mass is 10.0. The fourth-order valence-electron chi connectivity index (χ4n) is 2.47. The Kier molecular flexibility index (Phi) is 6.67. The van der Waals surface area contributed by atoms with Gasteiger partial charge < -0.3 is 10.1 Å². The molecule has 0 unspecified atom stereocenters. The predicted molar refractivity (Wildman–Crippen MR) is 108 cm³/mol. The molecule has 28 heavy (non-hydrogen) atoms. The number of carbonyl (C=O) groups is 3. The number of thiazole rings is 1. The van der Waals surface area contributed by atoms with Gasteiger partial charge in [0.1, 0.15) is 5.01 Å². The van der Waals surface area contributed by atoms with Gasteiger partial charge in [-0.2, -0.15) is 0 Å². The van der Waals surface area contributed by atoms with E-state index in [-0.39, 0.29) is 11.5 Å². The number of aromatic nitrogens is 1. The second-order valence-electron chi connectivity index (χ2n) is 6.01. The van der Waals surface area contributed by atoms with Crippen LogP contribution in [0, 0.1) is 0 Å². The number of hydrogen-bond donors (Lipinski definition) is 1. The average Bonchev–Trinajstić information content (AvgIpc) is 3.37. The number of thiophene rings is 1. The number of amides is 1. The molecular weight excluding hydrogens is 396 g/mol. The van der Waals surface area contributed by atoms with Crippen LogP contribution < -0.4 is 5.32 Å². The summed E-state index contributed by atoms with van der Waals surface area (Å²) in [5.41, 5.74) is 1.09. The predicted octanol–water partition coefficient (Wildman–Crippen LogP) is 3.34. The fourth-order valence-corrected chi connectivity index (χ4v) is 4.07. The van der Waals surface area contributed by atoms with Crippen molar-refractivity contribution in [3.05, 3.63) is 64.5 Å². The van der Waals surface area contributed by atoms with Crippen molar-refractivity contribution >= 4 is 40.3 Å². The Hall–Kier alpha value is -2.84. The van der Waals surface area contributed by atoms with E-state index >= 15 is 0 Å². The summed E-state index contributed by atoms with van der Waals surface area (Å²) >= 11 is 2.87. The van der Waals surface area contributed by atoms with Gasteiger partial charge in [-0.15, -0.1) is 22.7 Å². The number of ether oxygens (including phenoxy) is 1. The SMILES string of the molecule is CC(=O)[C@H](Cc1ccccc1)NC(=O)COC(=O)c1csc(-c2cccs2)n1. The first-order valence-corrected chi connectivity index (χ1v) is 10.3. The average molecular weight is 415 g/mol. The lowest BCUT2D eigenvalue weighted by Gasteiger charge is -2.16. The van der Waals surface area contributed by atoms with Crippen LogP contribution in [-0.2, 0) is 20.7 Å². The van der Waals surface area contributed by atoms with Gasteiger partial charge in [-0.05, 0) is 30.4 Å². The first kappa shape index (κ1) is 19.9. The van der Waals surface area contributed by atoms with E-state index in [4.69, 9.17) is 4.74 Å². The topological polar surface area (TPSA) is 85.4 Å². The molecule has 6 nitrogen and oxygen atoms in total. The maximum atomic E-state index is 12.1. The molecule has 0 bridgehead atoms. The van der Waals surface area contributed by atoms with Gasteiger partial charge in [0.05, 0.1) is 10.9 Å². The molecule has 2 aromatic heterocycles. The first-order valence-electron chi connectivity index (χ1n) is 8.53. The van der Waals surface area contributed by atoms with Crippen molar-refractivity contribution in [2.75, 3.05) is 6.61 Å². The van der Waals surface area contributed by atoms with Gasteiger partial charge in [-0.1, -0.05) is 36.4 Å². The van der Waals surface area contributed by atoms with Gasteiger partial charge in [0.25, 0.3) is 5.91 Å². The molecule has 0 aliphatic carbocycles. The first-order chi connectivity index (χ1) is 13.5. The third-order valence-electron chi connectivity index (χ3n) is 3.89. The van der Waals surface area contributed by atoms with Gasteiger partial charge in [-0.3, -0.25) is 9.59 Å². The Morgan fingerprint density at radius 2 is 1.89 bits per heavy atom. The highest BCUT2D eigenvalue weighted by Crippen LogP contribution is 2.27. The zero-order valence-electron chi connectivity index (χ0n) is 15.1. The summed E-state index contributed by atoms with van der Waals surface area (Å²) in [5.74, 6) is -1.36. The molecule has 1 atom stereocenters. The summed E-state index contributed by atoms with van der Waals surface area (Å²) < 4.78 is 5.04. The Morgan fingerprint density at radius 3 is 2.57 bits per heavy atom. The highest BCUT2D eigenvalue weighted by Gasteiger charge is 2.20. The summed E-state index contributed by atoms with van der Waals surface area (Å²) in [5, 5.41) is 6.88. The summed E-state index contributed by atoms with van der Waals surface area (Å²) in [6.45, 7) is 0.949. The maximum absolute atomic E-state index is 12.1. The highest BCUT2D eigenvalue weighted by atomic mass is 32.1. The minimum Gasteiger partial charge on any atom is -0.451 e. The molecule has 144 valence electrons. The van der Waals surface area contributed by atoms with E-state index in [2.05, 4.69) is 10.3 Å². The van der Waals surface area contributed by atoms with E-state index in [0.717, 1.165) is 15.4 Å². The van der Waals surface area contributed by atoms with Crippen molar-refractivity contribution in [2.45, 2.75) is 19.4 Å². The second-order valence-corrected chi connectivity index (χ2v) is 7.82. The standard InChI is InChI=1S/C20H18N2O4S2/c1-13(23)15(10-14-6-3-2-4-7-14)21-18(24)11-26-20(25)16-12-28-19(22-16)17-8-5-9-27-17/h2-9,12,15H,10-11H2,1H3,(H,21,24)/t15-/m0/s1. The molecule has 2 heterocycles. The Balaban J connectivity index is 1.52. The van der Waals surface area contributed by atoms with Gasteiger partial charge in [-0.25, -0.2) is 9.78 Å². The van der Waals surface area contributed by atoms with Crippen molar-refractivity contribution in [3.8, 4) is 9.88 Å². The van der Waals surface area contributed by atoms with Crippen molar-refractivity contribution in [1.82, 2.24) is 10.3 Å². The number of hydrogen-bond acceptors (Lipinski definition) is 7. The zero-order valence-corrected chi connectivity index (χ0v) is 16.7. The lowest BCUT2D eigenvalue weighted by Crippen LogP contribution is -2.43. The molecule has 3 rings (SSSR count). The van der Waals surface area contributed by atoms with Crippen LogP contribution >= 0.6 is 22.7 Å². The molecule has 8 heteroatoms. The van der Waals surface area contributed by atoms with Crippen LogP contribution in [0.1, 0.15) is 23.0 Å². The zero-order chi connectivity index (χ0) is 19.9. The van der Waals surface area contributed by atoms with Crippen LogP contribution in [0.5, 0.6) is 0 Å². The van der Waals surface area contributed by atoms with Crippen LogP contribution in [0.15, 0.2) is 53.2 Å². The molecule has 0 aliphatic rings. The number of benzene rings is 1.